The lowest BCUT2D eigenvalue weighted by molar-refractivity contribution is 0.148. The number of aromatic nitrogens is 2. The van der Waals surface area contributed by atoms with Crippen molar-refractivity contribution in [2.75, 3.05) is 17.6 Å². The zero-order chi connectivity index (χ0) is 14.5. The predicted molar refractivity (Wildman–Crippen MR) is 75.3 cm³/mol. The maximum atomic E-state index is 11.3. The molecular formula is C12H17N5O3. The van der Waals surface area contributed by atoms with Gasteiger partial charge in [0.05, 0.1) is 6.54 Å². The number of phenolic OH excluding ortho intramolecular Hbond substituents is 1. The summed E-state index contributed by atoms with van der Waals surface area (Å²) < 4.78 is 0. The van der Waals surface area contributed by atoms with Crippen LogP contribution in [-0.4, -0.2) is 33.2 Å². The van der Waals surface area contributed by atoms with Gasteiger partial charge in [0.2, 0.25) is 0 Å². The topological polar surface area (TPSA) is 139 Å². The molecule has 8 heteroatoms. The molecule has 2 aromatic rings. The molecule has 8 nitrogen and oxygen atoms in total. The number of aromatic hydroxyl groups is 1. The van der Waals surface area contributed by atoms with Gasteiger partial charge in [0.1, 0.15) is 23.5 Å². The van der Waals surface area contributed by atoms with Gasteiger partial charge in [-0.15, -0.1) is 0 Å². The first-order valence-corrected chi connectivity index (χ1v) is 6.05. The van der Waals surface area contributed by atoms with E-state index < -0.39 is 6.23 Å². The Morgan fingerprint density at radius 3 is 2.55 bits per heavy atom. The number of nitrogen functional groups attached to an aromatic ring is 1. The largest absolute Gasteiger partial charge is 0.508 e. The number of anilines is 2. The molecule has 8 N–H and O–H groups in total. The molecule has 0 saturated heterocycles. The molecule has 0 aliphatic rings. The fourth-order valence-electron chi connectivity index (χ4n) is 1.67. The molecule has 0 bridgehead atoms. The minimum atomic E-state index is -0.850. The lowest BCUT2D eigenvalue weighted by atomic mass is 10.2. The third-order valence-corrected chi connectivity index (χ3v) is 2.76. The molecule has 20 heavy (non-hydrogen) atoms. The molecule has 1 aromatic carbocycles. The van der Waals surface area contributed by atoms with Crippen molar-refractivity contribution in [3.8, 4) is 5.75 Å². The molecule has 1 heterocycles. The van der Waals surface area contributed by atoms with E-state index in [9.17, 15) is 9.90 Å². The minimum Gasteiger partial charge on any atom is -0.508 e. The van der Waals surface area contributed by atoms with Gasteiger partial charge in [0, 0.05) is 6.54 Å². The van der Waals surface area contributed by atoms with Crippen LogP contribution in [0.1, 0.15) is 5.56 Å². The normalized spacial score (nSPS) is 12.2. The van der Waals surface area contributed by atoms with Crippen LogP contribution in [-0.2, 0) is 6.54 Å². The van der Waals surface area contributed by atoms with Crippen LogP contribution in [0.5, 0.6) is 5.75 Å². The number of aliphatic hydroxyl groups excluding tert-OH is 1. The van der Waals surface area contributed by atoms with E-state index in [-0.39, 0.29) is 29.4 Å². The summed E-state index contributed by atoms with van der Waals surface area (Å²) in [5, 5.41) is 29.3. The Bertz CT molecular complexity index is 604. The molecule has 0 spiro atoms. The number of aromatic amines is 2. The molecule has 2 rings (SSSR count). The van der Waals surface area contributed by atoms with Crippen LogP contribution in [0.3, 0.4) is 0 Å². The number of nitrogens with two attached hydrogens (primary N) is 1. The Labute approximate surface area is 114 Å². The molecule has 1 aromatic heterocycles. The van der Waals surface area contributed by atoms with Gasteiger partial charge in [-0.2, -0.15) is 0 Å². The molecule has 0 fully saturated rings. The van der Waals surface area contributed by atoms with Crippen LogP contribution < -0.4 is 21.9 Å². The maximum Gasteiger partial charge on any atom is 0.289 e. The lowest BCUT2D eigenvalue weighted by Crippen LogP contribution is -2.35. The monoisotopic (exact) mass is 279 g/mol. The van der Waals surface area contributed by atoms with Crippen molar-refractivity contribution >= 4 is 11.5 Å². The van der Waals surface area contributed by atoms with E-state index >= 15 is 0 Å². The van der Waals surface area contributed by atoms with E-state index in [1.54, 1.807) is 24.3 Å². The highest BCUT2D eigenvalue weighted by Gasteiger charge is 2.09. The van der Waals surface area contributed by atoms with Gasteiger partial charge in [-0.3, -0.25) is 20.3 Å². The molecule has 0 amide bonds. The molecule has 0 unspecified atom stereocenters. The molecule has 0 saturated carbocycles. The van der Waals surface area contributed by atoms with E-state index in [1.165, 1.54) is 0 Å². The SMILES string of the molecule is Nc1[nH][nH]c(=O)c1NC[C@@H](O)NCc1ccc(O)cc1. The smallest absolute Gasteiger partial charge is 0.289 e. The van der Waals surface area contributed by atoms with Crippen molar-refractivity contribution in [3.05, 3.63) is 40.2 Å². The molecular weight excluding hydrogens is 262 g/mol. The summed E-state index contributed by atoms with van der Waals surface area (Å²) in [5.74, 6) is 0.388. The molecule has 0 radical (unpaired) electrons. The number of nitrogens with one attached hydrogen (secondary N) is 4. The van der Waals surface area contributed by atoms with Gasteiger partial charge in [0.25, 0.3) is 5.56 Å². The number of phenols is 1. The van der Waals surface area contributed by atoms with Crippen LogP contribution >= 0.6 is 0 Å². The summed E-state index contributed by atoms with van der Waals surface area (Å²) in [5.41, 5.74) is 6.29. The van der Waals surface area contributed by atoms with Crippen LogP contribution in [0.4, 0.5) is 11.5 Å². The van der Waals surface area contributed by atoms with Crippen molar-refractivity contribution in [2.24, 2.45) is 0 Å². The van der Waals surface area contributed by atoms with E-state index in [2.05, 4.69) is 20.8 Å². The number of hydrogen-bond acceptors (Lipinski definition) is 6. The van der Waals surface area contributed by atoms with Crippen molar-refractivity contribution < 1.29 is 10.2 Å². The number of benzene rings is 1. The first-order chi connectivity index (χ1) is 9.56. The molecule has 0 aliphatic carbocycles. The Hall–Kier alpha value is -2.45. The van der Waals surface area contributed by atoms with E-state index in [0.717, 1.165) is 5.56 Å². The molecule has 1 atom stereocenters. The second kappa shape index (κ2) is 6.13. The Morgan fingerprint density at radius 2 is 1.95 bits per heavy atom. The standard InChI is InChI=1S/C12H17N5O3/c13-11-10(12(20)17-16-11)15-6-9(19)14-5-7-1-3-8(18)4-2-7/h1-4,9,14-15,18-19H,5-6H2,(H4,13,16,17,20)/t9-/m1/s1. The van der Waals surface area contributed by atoms with E-state index in [1.807, 2.05) is 0 Å². The van der Waals surface area contributed by atoms with Crippen LogP contribution in [0.25, 0.3) is 0 Å². The Kier molecular flexibility index (Phi) is 4.28. The van der Waals surface area contributed by atoms with E-state index in [4.69, 9.17) is 10.8 Å². The fraction of sp³-hybridized carbons (Fsp3) is 0.250. The van der Waals surface area contributed by atoms with Crippen LogP contribution in [0.2, 0.25) is 0 Å². The van der Waals surface area contributed by atoms with Crippen LogP contribution in [0.15, 0.2) is 29.1 Å². The Morgan fingerprint density at radius 1 is 1.25 bits per heavy atom. The summed E-state index contributed by atoms with van der Waals surface area (Å²) >= 11 is 0. The third-order valence-electron chi connectivity index (χ3n) is 2.76. The van der Waals surface area contributed by atoms with Crippen molar-refractivity contribution in [3.63, 3.8) is 0 Å². The highest BCUT2D eigenvalue weighted by molar-refractivity contribution is 5.59. The first kappa shape index (κ1) is 14.0. The third kappa shape index (κ3) is 3.53. The average molecular weight is 279 g/mol. The summed E-state index contributed by atoms with van der Waals surface area (Å²) in [6.45, 7) is 0.561. The zero-order valence-corrected chi connectivity index (χ0v) is 10.7. The maximum absolute atomic E-state index is 11.3. The summed E-state index contributed by atoms with van der Waals surface area (Å²) in [4.78, 5) is 11.3. The number of rotatable bonds is 6. The highest BCUT2D eigenvalue weighted by Crippen LogP contribution is 2.09. The van der Waals surface area contributed by atoms with Crippen molar-refractivity contribution in [2.45, 2.75) is 12.8 Å². The minimum absolute atomic E-state index is 0.128. The molecule has 108 valence electrons. The zero-order valence-electron chi connectivity index (χ0n) is 10.7. The highest BCUT2D eigenvalue weighted by atomic mass is 16.3. The second-order valence-corrected chi connectivity index (χ2v) is 4.31. The summed E-state index contributed by atoms with van der Waals surface area (Å²) in [6.07, 6.45) is -0.850. The van der Waals surface area contributed by atoms with Gasteiger partial charge in [-0.05, 0) is 17.7 Å². The molecule has 0 aliphatic heterocycles. The van der Waals surface area contributed by atoms with Crippen molar-refractivity contribution in [1.82, 2.24) is 15.5 Å². The average Bonchev–Trinajstić information content (AvgIpc) is 2.75. The Balaban J connectivity index is 1.80. The van der Waals surface area contributed by atoms with Crippen LogP contribution in [0, 0.1) is 0 Å². The van der Waals surface area contributed by atoms with E-state index in [0.29, 0.717) is 6.54 Å². The summed E-state index contributed by atoms with van der Waals surface area (Å²) in [6, 6.07) is 6.64. The predicted octanol–water partition coefficient (Wildman–Crippen LogP) is -0.489. The second-order valence-electron chi connectivity index (χ2n) is 4.31. The van der Waals surface area contributed by atoms with Gasteiger partial charge in [-0.1, -0.05) is 12.1 Å². The fourth-order valence-corrected chi connectivity index (χ4v) is 1.67. The van der Waals surface area contributed by atoms with Crippen molar-refractivity contribution in [1.29, 1.82) is 0 Å². The van der Waals surface area contributed by atoms with Gasteiger partial charge in [0.15, 0.2) is 0 Å². The number of hydrogen-bond donors (Lipinski definition) is 7. The van der Waals surface area contributed by atoms with Gasteiger partial charge in [-0.25, -0.2) is 0 Å². The first-order valence-electron chi connectivity index (χ1n) is 6.05. The number of H-pyrrole nitrogens is 2. The summed E-state index contributed by atoms with van der Waals surface area (Å²) in [7, 11) is 0. The van der Waals surface area contributed by atoms with Gasteiger partial charge >= 0.3 is 0 Å². The number of aliphatic hydroxyl groups is 1. The van der Waals surface area contributed by atoms with Gasteiger partial charge < -0.3 is 21.3 Å². The quantitative estimate of drug-likeness (QED) is 0.356. The lowest BCUT2D eigenvalue weighted by Gasteiger charge is -2.13.